The second kappa shape index (κ2) is 4.44. The lowest BCUT2D eigenvalue weighted by atomic mass is 10.2. The zero-order chi connectivity index (χ0) is 10.7. The fraction of sp³-hybridized carbons (Fsp3) is 0.250. The number of pyridine rings is 1. The van der Waals surface area contributed by atoms with Gasteiger partial charge in [0, 0.05) is 10.0 Å². The van der Waals surface area contributed by atoms with Gasteiger partial charge in [-0.05, 0) is 6.07 Å². The molecule has 1 aromatic rings. The summed E-state index contributed by atoms with van der Waals surface area (Å²) in [5, 5.41) is 17.4. The van der Waals surface area contributed by atoms with E-state index in [1.165, 1.54) is 0 Å². The molecule has 0 fully saturated rings. The number of hydrogen-bond donors (Lipinski definition) is 1. The minimum Gasteiger partial charge on any atom is -0.392 e. The monoisotopic (exact) mass is 262 g/mol. The summed E-state index contributed by atoms with van der Waals surface area (Å²) in [6.07, 6.45) is -2.73. The van der Waals surface area contributed by atoms with Crippen LogP contribution in [-0.2, 0) is 6.61 Å². The molecule has 3 nitrogen and oxygen atoms in total. The number of nitrogens with zero attached hydrogens (tertiary/aromatic N) is 2. The molecule has 0 aliphatic rings. The molecule has 1 rings (SSSR count). The zero-order valence-electron chi connectivity index (χ0n) is 6.84. The molecule has 1 heterocycles. The fourth-order valence-electron chi connectivity index (χ4n) is 0.914. The largest absolute Gasteiger partial charge is 0.392 e. The van der Waals surface area contributed by atoms with E-state index in [1.807, 2.05) is 0 Å². The highest BCUT2D eigenvalue weighted by atomic mass is 79.9. The third-order valence-corrected chi connectivity index (χ3v) is 2.28. The normalized spacial score (nSPS) is 10.3. The number of aliphatic hydroxyl groups excluding tert-OH is 1. The summed E-state index contributed by atoms with van der Waals surface area (Å²) >= 11 is 2.98. The lowest BCUT2D eigenvalue weighted by Gasteiger charge is -2.05. The van der Waals surface area contributed by atoms with Gasteiger partial charge in [0.25, 0.3) is 6.43 Å². The summed E-state index contributed by atoms with van der Waals surface area (Å²) < 4.78 is 24.8. The molecular formula is C8H5BrF2N2O. The molecule has 0 saturated heterocycles. The quantitative estimate of drug-likeness (QED) is 0.889. The van der Waals surface area contributed by atoms with Gasteiger partial charge in [0.15, 0.2) is 0 Å². The molecule has 1 N–H and O–H groups in total. The van der Waals surface area contributed by atoms with Crippen LogP contribution in [0.1, 0.15) is 23.4 Å². The molecule has 0 bridgehead atoms. The van der Waals surface area contributed by atoms with Crippen molar-refractivity contribution in [1.29, 1.82) is 5.26 Å². The Morgan fingerprint density at radius 2 is 2.29 bits per heavy atom. The Morgan fingerprint density at radius 3 is 2.71 bits per heavy atom. The highest BCUT2D eigenvalue weighted by molar-refractivity contribution is 9.10. The van der Waals surface area contributed by atoms with Crippen molar-refractivity contribution in [1.82, 2.24) is 4.98 Å². The van der Waals surface area contributed by atoms with Crippen LogP contribution in [0.3, 0.4) is 0 Å². The van der Waals surface area contributed by atoms with Gasteiger partial charge in [0.2, 0.25) is 0 Å². The number of hydrogen-bond acceptors (Lipinski definition) is 3. The summed E-state index contributed by atoms with van der Waals surface area (Å²) in [6.45, 7) is -0.417. The lowest BCUT2D eigenvalue weighted by molar-refractivity contribution is 0.145. The zero-order valence-corrected chi connectivity index (χ0v) is 8.42. The summed E-state index contributed by atoms with van der Waals surface area (Å²) in [5.41, 5.74) is -0.445. The Balaban J connectivity index is 3.33. The molecule has 0 saturated carbocycles. The summed E-state index contributed by atoms with van der Waals surface area (Å²) in [6, 6.07) is 2.74. The number of aromatic nitrogens is 1. The summed E-state index contributed by atoms with van der Waals surface area (Å²) in [7, 11) is 0. The van der Waals surface area contributed by atoms with Crippen molar-refractivity contribution in [2.75, 3.05) is 0 Å². The molecule has 0 aliphatic heterocycles. The first-order chi connectivity index (χ1) is 6.60. The van der Waals surface area contributed by atoms with E-state index in [0.717, 1.165) is 6.07 Å². The van der Waals surface area contributed by atoms with E-state index in [0.29, 0.717) is 0 Å². The maximum absolute atomic E-state index is 12.2. The van der Waals surface area contributed by atoms with Crippen molar-refractivity contribution in [3.05, 3.63) is 27.5 Å². The van der Waals surface area contributed by atoms with Crippen molar-refractivity contribution in [2.45, 2.75) is 13.0 Å². The van der Waals surface area contributed by atoms with Gasteiger partial charge in [-0.15, -0.1) is 0 Å². The topological polar surface area (TPSA) is 56.9 Å². The number of nitriles is 1. The third-order valence-electron chi connectivity index (χ3n) is 1.58. The predicted octanol–water partition coefficient (Wildman–Crippen LogP) is 2.15. The van der Waals surface area contributed by atoms with Crippen LogP contribution in [0.2, 0.25) is 0 Å². The number of halogens is 3. The summed E-state index contributed by atoms with van der Waals surface area (Å²) in [5.74, 6) is 0. The molecule has 0 aliphatic carbocycles. The molecule has 0 radical (unpaired) electrons. The minimum absolute atomic E-state index is 0.183. The molecular weight excluding hydrogens is 258 g/mol. The molecule has 0 spiro atoms. The van der Waals surface area contributed by atoms with Gasteiger partial charge >= 0.3 is 0 Å². The van der Waals surface area contributed by atoms with Crippen LogP contribution >= 0.6 is 15.9 Å². The second-order valence-corrected chi connectivity index (χ2v) is 3.28. The van der Waals surface area contributed by atoms with Gasteiger partial charge in [0.1, 0.15) is 17.5 Å². The Morgan fingerprint density at radius 1 is 1.64 bits per heavy atom. The van der Waals surface area contributed by atoms with Crippen molar-refractivity contribution in [3.8, 4) is 6.07 Å². The SMILES string of the molecule is N#Cc1nc(C(F)F)cc(Br)c1CO. The number of rotatable bonds is 2. The van der Waals surface area contributed by atoms with E-state index in [-0.39, 0.29) is 15.7 Å². The van der Waals surface area contributed by atoms with Gasteiger partial charge in [-0.2, -0.15) is 5.26 Å². The maximum Gasteiger partial charge on any atom is 0.280 e. The van der Waals surface area contributed by atoms with Crippen molar-refractivity contribution in [2.24, 2.45) is 0 Å². The van der Waals surface area contributed by atoms with Crippen molar-refractivity contribution < 1.29 is 13.9 Å². The maximum atomic E-state index is 12.2. The van der Waals surface area contributed by atoms with Crippen LogP contribution < -0.4 is 0 Å². The minimum atomic E-state index is -2.73. The first-order valence-electron chi connectivity index (χ1n) is 3.58. The van der Waals surface area contributed by atoms with Crippen LogP contribution in [0.4, 0.5) is 8.78 Å². The predicted molar refractivity (Wildman–Crippen MR) is 47.5 cm³/mol. The summed E-state index contributed by atoms with van der Waals surface area (Å²) in [4.78, 5) is 3.42. The van der Waals surface area contributed by atoms with Crippen LogP contribution in [0.5, 0.6) is 0 Å². The molecule has 0 amide bonds. The first-order valence-corrected chi connectivity index (χ1v) is 4.38. The Bertz CT molecular complexity index is 390. The van der Waals surface area contributed by atoms with Crippen LogP contribution in [0.25, 0.3) is 0 Å². The molecule has 14 heavy (non-hydrogen) atoms. The van der Waals surface area contributed by atoms with E-state index in [4.69, 9.17) is 10.4 Å². The van der Waals surface area contributed by atoms with E-state index in [2.05, 4.69) is 20.9 Å². The third kappa shape index (κ3) is 2.05. The molecule has 74 valence electrons. The molecule has 6 heteroatoms. The van der Waals surface area contributed by atoms with Crippen LogP contribution in [0, 0.1) is 11.3 Å². The Kier molecular flexibility index (Phi) is 3.49. The molecule has 0 atom stereocenters. The van der Waals surface area contributed by atoms with Gasteiger partial charge in [-0.25, -0.2) is 13.8 Å². The number of alkyl halides is 2. The Labute approximate surface area is 87.1 Å². The van der Waals surface area contributed by atoms with Gasteiger partial charge in [-0.3, -0.25) is 0 Å². The van der Waals surface area contributed by atoms with E-state index in [9.17, 15) is 8.78 Å². The van der Waals surface area contributed by atoms with E-state index < -0.39 is 18.7 Å². The average Bonchev–Trinajstić information content (AvgIpc) is 2.16. The molecule has 0 unspecified atom stereocenters. The van der Waals surface area contributed by atoms with Gasteiger partial charge in [0.05, 0.1) is 6.61 Å². The van der Waals surface area contributed by atoms with Crippen LogP contribution in [0.15, 0.2) is 10.5 Å². The standard InChI is InChI=1S/C8H5BrF2N2O/c9-5-1-6(8(10)11)13-7(2-12)4(5)3-14/h1,8,14H,3H2. The van der Waals surface area contributed by atoms with E-state index in [1.54, 1.807) is 6.07 Å². The van der Waals surface area contributed by atoms with Crippen LogP contribution in [-0.4, -0.2) is 10.1 Å². The lowest BCUT2D eigenvalue weighted by Crippen LogP contribution is -2.00. The molecule has 1 aromatic heterocycles. The van der Waals surface area contributed by atoms with Gasteiger partial charge < -0.3 is 5.11 Å². The Hall–Kier alpha value is -1.06. The highest BCUT2D eigenvalue weighted by Gasteiger charge is 2.15. The van der Waals surface area contributed by atoms with Gasteiger partial charge in [-0.1, -0.05) is 15.9 Å². The molecule has 0 aromatic carbocycles. The fourth-order valence-corrected chi connectivity index (χ4v) is 1.46. The second-order valence-electron chi connectivity index (χ2n) is 2.43. The first kappa shape index (κ1) is 11.0. The van der Waals surface area contributed by atoms with Crippen molar-refractivity contribution in [3.63, 3.8) is 0 Å². The highest BCUT2D eigenvalue weighted by Crippen LogP contribution is 2.25. The van der Waals surface area contributed by atoms with Crippen molar-refractivity contribution >= 4 is 15.9 Å². The average molecular weight is 263 g/mol. The smallest absolute Gasteiger partial charge is 0.280 e. The number of aliphatic hydroxyl groups is 1. The van der Waals surface area contributed by atoms with E-state index >= 15 is 0 Å².